The Balaban J connectivity index is 2.50. The van der Waals surface area contributed by atoms with Gasteiger partial charge in [0, 0.05) is 6.54 Å². The summed E-state index contributed by atoms with van der Waals surface area (Å²) in [5.74, 6) is 0.110. The Labute approximate surface area is 59.7 Å². The molecular formula is C6H12N2O2. The van der Waals surface area contributed by atoms with Crippen LogP contribution in [0.4, 0.5) is 0 Å². The number of ketones is 1. The van der Waals surface area contributed by atoms with Gasteiger partial charge in [-0.1, -0.05) is 0 Å². The van der Waals surface area contributed by atoms with Crippen molar-refractivity contribution in [3.8, 4) is 0 Å². The molecule has 1 fully saturated rings. The van der Waals surface area contributed by atoms with Gasteiger partial charge in [0.1, 0.15) is 5.78 Å². The summed E-state index contributed by atoms with van der Waals surface area (Å²) < 4.78 is 0. The third kappa shape index (κ3) is 1.34. The van der Waals surface area contributed by atoms with E-state index in [-0.39, 0.29) is 11.8 Å². The molecule has 1 unspecified atom stereocenters. The highest BCUT2D eigenvalue weighted by Gasteiger charge is 2.27. The molecule has 0 bridgehead atoms. The molecule has 4 nitrogen and oxygen atoms in total. The van der Waals surface area contributed by atoms with Gasteiger partial charge < -0.3 is 5.21 Å². The number of carbonyl (C=O) groups excluding carboxylic acids is 1. The second-order valence-corrected chi connectivity index (χ2v) is 2.56. The lowest BCUT2D eigenvalue weighted by Crippen LogP contribution is -2.42. The third-order valence-corrected chi connectivity index (χ3v) is 1.85. The standard InChI is InChI=1S/C6H12N2O2/c1-5(9)6-3-2-4-8(6)7-10/h6-7,10H,2-4H2,1H3. The molecule has 4 heteroatoms. The Bertz CT molecular complexity index is 138. The van der Waals surface area contributed by atoms with E-state index in [1.54, 1.807) is 11.9 Å². The molecule has 2 N–H and O–H groups in total. The van der Waals surface area contributed by atoms with Crippen molar-refractivity contribution in [1.82, 2.24) is 10.6 Å². The predicted octanol–water partition coefficient (Wildman–Crippen LogP) is -0.0664. The van der Waals surface area contributed by atoms with Gasteiger partial charge in [0.2, 0.25) is 0 Å². The first-order valence-corrected chi connectivity index (χ1v) is 3.42. The summed E-state index contributed by atoms with van der Waals surface area (Å²) in [7, 11) is 0. The minimum atomic E-state index is -0.120. The van der Waals surface area contributed by atoms with E-state index >= 15 is 0 Å². The van der Waals surface area contributed by atoms with Crippen molar-refractivity contribution in [2.45, 2.75) is 25.8 Å². The molecule has 1 rings (SSSR count). The van der Waals surface area contributed by atoms with E-state index in [1.807, 2.05) is 5.59 Å². The molecule has 0 radical (unpaired) electrons. The number of rotatable bonds is 2. The average molecular weight is 144 g/mol. The van der Waals surface area contributed by atoms with Crippen molar-refractivity contribution in [3.63, 3.8) is 0 Å². The van der Waals surface area contributed by atoms with Crippen LogP contribution in [0.5, 0.6) is 0 Å². The van der Waals surface area contributed by atoms with Crippen molar-refractivity contribution >= 4 is 5.78 Å². The fourth-order valence-corrected chi connectivity index (χ4v) is 1.31. The lowest BCUT2D eigenvalue weighted by atomic mass is 10.2. The SMILES string of the molecule is CC(=O)C1CCCN1NO. The smallest absolute Gasteiger partial charge is 0.148 e. The van der Waals surface area contributed by atoms with Gasteiger partial charge in [-0.3, -0.25) is 4.79 Å². The first kappa shape index (κ1) is 7.65. The zero-order chi connectivity index (χ0) is 7.56. The Morgan fingerprint density at radius 2 is 2.50 bits per heavy atom. The molecule has 1 atom stereocenters. The van der Waals surface area contributed by atoms with E-state index in [9.17, 15) is 4.79 Å². The van der Waals surface area contributed by atoms with Crippen LogP contribution in [0.2, 0.25) is 0 Å². The second kappa shape index (κ2) is 3.09. The molecule has 0 aliphatic carbocycles. The topological polar surface area (TPSA) is 52.6 Å². The maximum atomic E-state index is 10.8. The first-order valence-electron chi connectivity index (χ1n) is 3.42. The van der Waals surface area contributed by atoms with E-state index in [0.29, 0.717) is 0 Å². The fraction of sp³-hybridized carbons (Fsp3) is 0.833. The van der Waals surface area contributed by atoms with Gasteiger partial charge in [-0.25, -0.2) is 5.01 Å². The van der Waals surface area contributed by atoms with Crippen molar-refractivity contribution < 1.29 is 10.0 Å². The summed E-state index contributed by atoms with van der Waals surface area (Å²) >= 11 is 0. The van der Waals surface area contributed by atoms with Gasteiger partial charge in [0.25, 0.3) is 0 Å². The van der Waals surface area contributed by atoms with Gasteiger partial charge in [0.05, 0.1) is 6.04 Å². The van der Waals surface area contributed by atoms with Crippen LogP contribution in [0.15, 0.2) is 0 Å². The molecule has 0 spiro atoms. The van der Waals surface area contributed by atoms with E-state index < -0.39 is 0 Å². The molecule has 0 saturated carbocycles. The highest BCUT2D eigenvalue weighted by molar-refractivity contribution is 5.81. The van der Waals surface area contributed by atoms with E-state index in [0.717, 1.165) is 19.4 Å². The Hall–Kier alpha value is -0.450. The van der Waals surface area contributed by atoms with Crippen molar-refractivity contribution in [1.29, 1.82) is 0 Å². The lowest BCUT2D eigenvalue weighted by molar-refractivity contribution is -0.126. The number of nitrogens with one attached hydrogen (secondary N) is 1. The number of hydrogen-bond acceptors (Lipinski definition) is 4. The zero-order valence-electron chi connectivity index (χ0n) is 6.00. The van der Waals surface area contributed by atoms with Gasteiger partial charge in [-0.2, -0.15) is 0 Å². The predicted molar refractivity (Wildman–Crippen MR) is 35.3 cm³/mol. The normalized spacial score (nSPS) is 27.2. The minimum Gasteiger partial charge on any atom is -0.302 e. The third-order valence-electron chi connectivity index (χ3n) is 1.85. The largest absolute Gasteiger partial charge is 0.302 e. The molecule has 58 valence electrons. The van der Waals surface area contributed by atoms with Crippen molar-refractivity contribution in [2.24, 2.45) is 0 Å². The first-order chi connectivity index (χ1) is 4.75. The molecule has 1 aliphatic heterocycles. The number of Topliss-reactive ketones (excluding diaryl/α,β-unsaturated/α-hetero) is 1. The van der Waals surface area contributed by atoms with Crippen LogP contribution in [0.25, 0.3) is 0 Å². The molecule has 10 heavy (non-hydrogen) atoms. The van der Waals surface area contributed by atoms with Crippen LogP contribution in [0.1, 0.15) is 19.8 Å². The van der Waals surface area contributed by atoms with Gasteiger partial charge >= 0.3 is 0 Å². The van der Waals surface area contributed by atoms with E-state index in [4.69, 9.17) is 5.21 Å². The van der Waals surface area contributed by atoms with Crippen molar-refractivity contribution in [2.75, 3.05) is 6.54 Å². The summed E-state index contributed by atoms with van der Waals surface area (Å²) in [5.41, 5.74) is 2.01. The number of hydrogen-bond donors (Lipinski definition) is 2. The van der Waals surface area contributed by atoms with Gasteiger partial charge in [0.15, 0.2) is 0 Å². The number of hydrazine groups is 1. The number of nitrogens with zero attached hydrogens (tertiary/aromatic N) is 1. The molecule has 0 amide bonds. The second-order valence-electron chi connectivity index (χ2n) is 2.56. The maximum absolute atomic E-state index is 10.8. The van der Waals surface area contributed by atoms with Crippen LogP contribution in [-0.2, 0) is 4.79 Å². The van der Waals surface area contributed by atoms with Crippen LogP contribution in [0, 0.1) is 0 Å². The fourth-order valence-electron chi connectivity index (χ4n) is 1.31. The Morgan fingerprint density at radius 3 is 2.90 bits per heavy atom. The summed E-state index contributed by atoms with van der Waals surface area (Å²) in [6.07, 6.45) is 1.82. The summed E-state index contributed by atoms with van der Waals surface area (Å²) in [5, 5.41) is 10.1. The molecule has 0 aromatic rings. The Morgan fingerprint density at radius 1 is 1.80 bits per heavy atom. The highest BCUT2D eigenvalue weighted by Crippen LogP contribution is 2.14. The summed E-state index contributed by atoms with van der Waals surface area (Å²) in [4.78, 5) is 10.8. The minimum absolute atomic E-state index is 0.110. The van der Waals surface area contributed by atoms with E-state index in [1.165, 1.54) is 0 Å². The molecule has 1 aliphatic rings. The molecular weight excluding hydrogens is 132 g/mol. The van der Waals surface area contributed by atoms with Crippen LogP contribution in [-0.4, -0.2) is 28.6 Å². The summed E-state index contributed by atoms with van der Waals surface area (Å²) in [6.45, 7) is 2.29. The molecule has 0 aromatic heterocycles. The highest BCUT2D eigenvalue weighted by atomic mass is 16.5. The quantitative estimate of drug-likeness (QED) is 0.533. The van der Waals surface area contributed by atoms with Crippen LogP contribution in [0.3, 0.4) is 0 Å². The molecule has 1 heterocycles. The zero-order valence-corrected chi connectivity index (χ0v) is 6.00. The number of carbonyl (C=O) groups is 1. The van der Waals surface area contributed by atoms with E-state index in [2.05, 4.69) is 0 Å². The maximum Gasteiger partial charge on any atom is 0.148 e. The molecule has 1 saturated heterocycles. The van der Waals surface area contributed by atoms with Crippen LogP contribution >= 0.6 is 0 Å². The van der Waals surface area contributed by atoms with Crippen molar-refractivity contribution in [3.05, 3.63) is 0 Å². The lowest BCUT2D eigenvalue weighted by Gasteiger charge is -2.18. The monoisotopic (exact) mass is 144 g/mol. The Kier molecular flexibility index (Phi) is 2.37. The molecule has 0 aromatic carbocycles. The van der Waals surface area contributed by atoms with Gasteiger partial charge in [-0.15, -0.1) is 5.59 Å². The average Bonchev–Trinajstić information content (AvgIpc) is 2.33. The van der Waals surface area contributed by atoms with Gasteiger partial charge in [-0.05, 0) is 19.8 Å². The van der Waals surface area contributed by atoms with Crippen LogP contribution < -0.4 is 5.59 Å². The summed E-state index contributed by atoms with van der Waals surface area (Å²) in [6, 6.07) is -0.120.